The van der Waals surface area contributed by atoms with E-state index in [1.54, 1.807) is 0 Å². The van der Waals surface area contributed by atoms with E-state index >= 15 is 0 Å². The Hall–Kier alpha value is -6.60. The zero-order valence-corrected chi connectivity index (χ0v) is 35.2. The summed E-state index contributed by atoms with van der Waals surface area (Å²) in [6, 6.07) is 49.3. The molecule has 7 aromatic carbocycles. The largest absolute Gasteiger partial charge is 0.454 e. The van der Waals surface area contributed by atoms with E-state index in [1.807, 2.05) is 12.1 Å². The van der Waals surface area contributed by atoms with Crippen LogP contribution in [0.5, 0.6) is 23.0 Å². The van der Waals surface area contributed by atoms with Crippen molar-refractivity contribution in [1.82, 2.24) is 0 Å². The van der Waals surface area contributed by atoms with Gasteiger partial charge in [0.2, 0.25) is 13.6 Å². The van der Waals surface area contributed by atoms with Crippen LogP contribution in [0.25, 0.3) is 22.3 Å². The van der Waals surface area contributed by atoms with Crippen molar-refractivity contribution in [1.29, 1.82) is 0 Å². The normalized spacial score (nSPS) is 14.6. The molecule has 6 nitrogen and oxygen atoms in total. The standard InChI is InChI=1S/C53H47BN2O4/c1-32-26-44-48-45(27-32)56(42-12-9-13-46-50(42)59-30-57-46)49-41(24-25-47-51(49)60-31-58-47)54(48)40-23-18-36(34-16-21-38(22-17-34)53(5,6)7)29-43(40)55(44)39-11-8-10-35(28-39)33-14-19-37(20-15-33)52(2,3)4/h8-29H,30-31H2,1-7H3. The quantitative estimate of drug-likeness (QED) is 0.166. The lowest BCUT2D eigenvalue weighted by molar-refractivity contribution is 0.174. The maximum absolute atomic E-state index is 6.38. The lowest BCUT2D eigenvalue weighted by atomic mass is 9.33. The molecule has 4 aliphatic heterocycles. The van der Waals surface area contributed by atoms with E-state index in [1.165, 1.54) is 44.3 Å². The van der Waals surface area contributed by atoms with Gasteiger partial charge in [-0.1, -0.05) is 126 Å². The molecule has 296 valence electrons. The summed E-state index contributed by atoms with van der Waals surface area (Å²) in [5.41, 5.74) is 18.5. The molecular formula is C53H47BN2O4. The number of rotatable bonds is 4. The zero-order chi connectivity index (χ0) is 41.1. The Labute approximate surface area is 353 Å². The van der Waals surface area contributed by atoms with Crippen molar-refractivity contribution in [3.63, 3.8) is 0 Å². The van der Waals surface area contributed by atoms with Gasteiger partial charge in [0.15, 0.2) is 23.0 Å². The van der Waals surface area contributed by atoms with Crippen LogP contribution in [-0.4, -0.2) is 20.3 Å². The summed E-state index contributed by atoms with van der Waals surface area (Å²) < 4.78 is 24.6. The second-order valence-electron chi connectivity index (χ2n) is 18.5. The lowest BCUT2D eigenvalue weighted by Gasteiger charge is -2.44. The van der Waals surface area contributed by atoms with Gasteiger partial charge in [0.25, 0.3) is 6.71 Å². The monoisotopic (exact) mass is 786 g/mol. The number of fused-ring (bicyclic) bond motifs is 7. The van der Waals surface area contributed by atoms with Gasteiger partial charge in [0.05, 0.1) is 11.4 Å². The molecule has 0 N–H and O–H groups in total. The van der Waals surface area contributed by atoms with Gasteiger partial charge < -0.3 is 28.7 Å². The highest BCUT2D eigenvalue weighted by Gasteiger charge is 2.46. The molecule has 0 unspecified atom stereocenters. The fraction of sp³-hybridized carbons (Fsp3) is 0.208. The summed E-state index contributed by atoms with van der Waals surface area (Å²) >= 11 is 0. The van der Waals surface area contributed by atoms with E-state index in [4.69, 9.17) is 18.9 Å². The van der Waals surface area contributed by atoms with Crippen molar-refractivity contribution in [2.75, 3.05) is 23.4 Å². The summed E-state index contributed by atoms with van der Waals surface area (Å²) in [6.45, 7) is 16.0. The van der Waals surface area contributed by atoms with E-state index < -0.39 is 0 Å². The maximum atomic E-state index is 6.38. The summed E-state index contributed by atoms with van der Waals surface area (Å²) in [7, 11) is 0. The fourth-order valence-electron chi connectivity index (χ4n) is 9.52. The molecular weight excluding hydrogens is 739 g/mol. The molecule has 0 saturated heterocycles. The highest BCUT2D eigenvalue weighted by molar-refractivity contribution is 7.00. The van der Waals surface area contributed by atoms with Crippen LogP contribution in [0.15, 0.2) is 133 Å². The SMILES string of the molecule is Cc1cc2c3c(c1)N(c1cccc4c1OCO4)c1c(ccc4c1OCO4)B3c1ccc(-c3ccc(C(C)(C)C)cc3)cc1N2c1cccc(-c2ccc(C(C)(C)C)cc2)c1. The molecule has 0 radical (unpaired) electrons. The second kappa shape index (κ2) is 13.2. The van der Waals surface area contributed by atoms with Crippen molar-refractivity contribution in [2.24, 2.45) is 0 Å². The second-order valence-corrected chi connectivity index (χ2v) is 18.5. The Morgan fingerprint density at radius 1 is 0.467 bits per heavy atom. The Bertz CT molecular complexity index is 2870. The van der Waals surface area contributed by atoms with Gasteiger partial charge in [-0.2, -0.15) is 0 Å². The molecule has 7 heteroatoms. The van der Waals surface area contributed by atoms with E-state index in [-0.39, 0.29) is 31.1 Å². The van der Waals surface area contributed by atoms with Gasteiger partial charge >= 0.3 is 0 Å². The molecule has 0 atom stereocenters. The van der Waals surface area contributed by atoms with Gasteiger partial charge in [0, 0.05) is 22.7 Å². The van der Waals surface area contributed by atoms with Crippen LogP contribution in [0, 0.1) is 6.92 Å². The number of anilines is 6. The van der Waals surface area contributed by atoms with E-state index in [2.05, 4.69) is 180 Å². The minimum atomic E-state index is -0.0954. The fourth-order valence-corrected chi connectivity index (χ4v) is 9.52. The first-order valence-electron chi connectivity index (χ1n) is 20.9. The number of hydrogen-bond acceptors (Lipinski definition) is 6. The van der Waals surface area contributed by atoms with E-state index in [9.17, 15) is 0 Å². The lowest BCUT2D eigenvalue weighted by Crippen LogP contribution is -2.61. The molecule has 0 aromatic heterocycles. The van der Waals surface area contributed by atoms with Crippen LogP contribution >= 0.6 is 0 Å². The number of ether oxygens (including phenoxy) is 4. The van der Waals surface area contributed by atoms with Crippen LogP contribution in [0.2, 0.25) is 0 Å². The predicted octanol–water partition coefficient (Wildman–Crippen LogP) is 11.5. The molecule has 4 heterocycles. The van der Waals surface area contributed by atoms with Crippen LogP contribution in [-0.2, 0) is 10.8 Å². The Morgan fingerprint density at radius 2 is 1.03 bits per heavy atom. The first-order chi connectivity index (χ1) is 28.9. The highest BCUT2D eigenvalue weighted by Crippen LogP contribution is 2.54. The molecule has 0 fully saturated rings. The molecule has 7 aromatic rings. The summed E-state index contributed by atoms with van der Waals surface area (Å²) in [4.78, 5) is 4.81. The molecule has 4 aliphatic rings. The van der Waals surface area contributed by atoms with Crippen molar-refractivity contribution in [3.05, 3.63) is 150 Å². The number of benzene rings is 7. The topological polar surface area (TPSA) is 43.4 Å². The first kappa shape index (κ1) is 36.5. The van der Waals surface area contributed by atoms with Crippen LogP contribution < -0.4 is 45.1 Å². The van der Waals surface area contributed by atoms with Gasteiger partial charge in [-0.3, -0.25) is 0 Å². The third-order valence-corrected chi connectivity index (χ3v) is 12.6. The third-order valence-electron chi connectivity index (χ3n) is 12.6. The van der Waals surface area contributed by atoms with Crippen LogP contribution in [0.1, 0.15) is 58.2 Å². The molecule has 0 aliphatic carbocycles. The Morgan fingerprint density at radius 3 is 1.70 bits per heavy atom. The average molecular weight is 787 g/mol. The van der Waals surface area contributed by atoms with Crippen molar-refractivity contribution >= 4 is 57.2 Å². The minimum Gasteiger partial charge on any atom is -0.454 e. The van der Waals surface area contributed by atoms with Crippen LogP contribution in [0.3, 0.4) is 0 Å². The number of para-hydroxylation sites is 1. The van der Waals surface area contributed by atoms with E-state index in [0.29, 0.717) is 5.75 Å². The van der Waals surface area contributed by atoms with Gasteiger partial charge in [0.1, 0.15) is 0 Å². The molecule has 60 heavy (non-hydrogen) atoms. The third kappa shape index (κ3) is 5.70. The van der Waals surface area contributed by atoms with Gasteiger partial charge in [-0.05, 0) is 122 Å². The molecule has 0 amide bonds. The van der Waals surface area contributed by atoms with Crippen molar-refractivity contribution in [2.45, 2.75) is 59.3 Å². The smallest absolute Gasteiger partial charge is 0.252 e. The Kier molecular flexibility index (Phi) is 8.03. The number of nitrogens with zero attached hydrogens (tertiary/aromatic N) is 2. The highest BCUT2D eigenvalue weighted by atomic mass is 16.7. The Balaban J connectivity index is 1.17. The van der Waals surface area contributed by atoms with Gasteiger partial charge in [-0.25, -0.2) is 0 Å². The zero-order valence-electron chi connectivity index (χ0n) is 35.2. The van der Waals surface area contributed by atoms with Gasteiger partial charge in [-0.15, -0.1) is 0 Å². The maximum Gasteiger partial charge on any atom is 0.252 e. The summed E-state index contributed by atoms with van der Waals surface area (Å²) in [5.74, 6) is 2.92. The minimum absolute atomic E-state index is 0.0682. The number of aryl methyl sites for hydroxylation is 1. The van der Waals surface area contributed by atoms with Crippen molar-refractivity contribution in [3.8, 4) is 45.3 Å². The summed E-state index contributed by atoms with van der Waals surface area (Å²) in [5, 5.41) is 0. The molecule has 0 spiro atoms. The molecule has 0 saturated carbocycles. The van der Waals surface area contributed by atoms with Crippen molar-refractivity contribution < 1.29 is 18.9 Å². The summed E-state index contributed by atoms with van der Waals surface area (Å²) in [6.07, 6.45) is 0. The average Bonchev–Trinajstić information content (AvgIpc) is 3.94. The number of hydrogen-bond donors (Lipinski definition) is 0. The first-order valence-corrected chi connectivity index (χ1v) is 20.9. The van der Waals surface area contributed by atoms with Crippen LogP contribution in [0.4, 0.5) is 34.1 Å². The molecule has 0 bridgehead atoms. The van der Waals surface area contributed by atoms with E-state index in [0.717, 1.165) is 62.4 Å². The molecule has 11 rings (SSSR count). The predicted molar refractivity (Wildman–Crippen MR) is 246 cm³/mol.